The van der Waals surface area contributed by atoms with Crippen LogP contribution < -0.4 is 5.32 Å². The number of nitrogens with zero attached hydrogens (tertiary/aromatic N) is 1. The average molecular weight is 232 g/mol. The van der Waals surface area contributed by atoms with Crippen molar-refractivity contribution in [2.45, 2.75) is 32.4 Å². The minimum absolute atomic E-state index is 0.197. The third-order valence-corrected chi connectivity index (χ3v) is 2.83. The van der Waals surface area contributed by atoms with Crippen molar-refractivity contribution in [1.82, 2.24) is 10.2 Å². The van der Waals surface area contributed by atoms with Crippen LogP contribution in [0.1, 0.15) is 20.3 Å². The Kier molecular flexibility index (Phi) is 8.15. The molecule has 0 fully saturated rings. The molecule has 96 valence electrons. The summed E-state index contributed by atoms with van der Waals surface area (Å²) in [7, 11) is 3.55. The first-order valence-electron chi connectivity index (χ1n) is 5.68. The second-order valence-electron chi connectivity index (χ2n) is 4.04. The van der Waals surface area contributed by atoms with Crippen molar-refractivity contribution in [2.75, 3.05) is 33.9 Å². The molecular formula is C11H24N2O3. The highest BCUT2D eigenvalue weighted by molar-refractivity contribution is 5.73. The number of aliphatic carboxylic acids is 1. The van der Waals surface area contributed by atoms with Gasteiger partial charge in [-0.3, -0.25) is 4.79 Å². The van der Waals surface area contributed by atoms with E-state index in [4.69, 9.17) is 9.84 Å². The van der Waals surface area contributed by atoms with E-state index < -0.39 is 12.0 Å². The minimum atomic E-state index is -0.868. The third-order valence-electron chi connectivity index (χ3n) is 2.83. The molecule has 16 heavy (non-hydrogen) atoms. The van der Waals surface area contributed by atoms with Crippen LogP contribution in [0.5, 0.6) is 0 Å². The molecule has 0 radical (unpaired) electrons. The first-order chi connectivity index (χ1) is 7.52. The summed E-state index contributed by atoms with van der Waals surface area (Å²) in [5, 5.41) is 11.8. The number of methoxy groups -OCH3 is 1. The van der Waals surface area contributed by atoms with Gasteiger partial charge >= 0.3 is 5.97 Å². The molecule has 0 amide bonds. The standard InChI is InChI=1S/C11H24N2O3/c1-5-9(2)13(3)7-6-12-10(8-16-4)11(14)15/h9-10,12H,5-8H2,1-4H3,(H,14,15). The van der Waals surface area contributed by atoms with Crippen molar-refractivity contribution in [3.63, 3.8) is 0 Å². The molecule has 0 aromatic rings. The summed E-state index contributed by atoms with van der Waals surface area (Å²) >= 11 is 0. The van der Waals surface area contributed by atoms with Crippen LogP contribution in [-0.2, 0) is 9.53 Å². The van der Waals surface area contributed by atoms with Gasteiger partial charge in [0.25, 0.3) is 0 Å². The lowest BCUT2D eigenvalue weighted by molar-refractivity contribution is -0.140. The van der Waals surface area contributed by atoms with E-state index in [1.165, 1.54) is 7.11 Å². The highest BCUT2D eigenvalue weighted by Crippen LogP contribution is 1.98. The Labute approximate surface area is 97.8 Å². The summed E-state index contributed by atoms with van der Waals surface area (Å²) in [5.41, 5.74) is 0. The van der Waals surface area contributed by atoms with Crippen LogP contribution >= 0.6 is 0 Å². The van der Waals surface area contributed by atoms with Crippen LogP contribution in [0.4, 0.5) is 0 Å². The van der Waals surface area contributed by atoms with Crippen LogP contribution in [0.3, 0.4) is 0 Å². The van der Waals surface area contributed by atoms with Crippen molar-refractivity contribution >= 4 is 5.97 Å². The number of carbonyl (C=O) groups is 1. The van der Waals surface area contributed by atoms with Gasteiger partial charge in [0, 0.05) is 26.2 Å². The summed E-state index contributed by atoms with van der Waals surface area (Å²) in [6, 6.07) is -0.0946. The summed E-state index contributed by atoms with van der Waals surface area (Å²) in [5.74, 6) is -0.868. The Bertz CT molecular complexity index is 200. The Morgan fingerprint density at radius 3 is 2.62 bits per heavy atom. The van der Waals surface area contributed by atoms with Gasteiger partial charge in [-0.05, 0) is 20.4 Å². The second-order valence-corrected chi connectivity index (χ2v) is 4.04. The molecule has 2 N–H and O–H groups in total. The molecule has 0 bridgehead atoms. The number of carboxylic acids is 1. The number of hydrogen-bond donors (Lipinski definition) is 2. The van der Waals surface area contributed by atoms with Crippen molar-refractivity contribution < 1.29 is 14.6 Å². The molecule has 5 nitrogen and oxygen atoms in total. The second kappa shape index (κ2) is 8.50. The Hall–Kier alpha value is -0.650. The molecule has 2 atom stereocenters. The topological polar surface area (TPSA) is 61.8 Å². The summed E-state index contributed by atoms with van der Waals surface area (Å²) < 4.78 is 4.83. The summed E-state index contributed by atoms with van der Waals surface area (Å²) in [4.78, 5) is 13.0. The SMILES string of the molecule is CCC(C)N(C)CCNC(COC)C(=O)O. The predicted octanol–water partition coefficient (Wildman–Crippen LogP) is 0.406. The van der Waals surface area contributed by atoms with Gasteiger partial charge in [-0.1, -0.05) is 6.92 Å². The van der Waals surface area contributed by atoms with Gasteiger partial charge in [0.15, 0.2) is 0 Å². The van der Waals surface area contributed by atoms with Gasteiger partial charge in [0.05, 0.1) is 6.61 Å². The van der Waals surface area contributed by atoms with E-state index in [-0.39, 0.29) is 6.61 Å². The summed E-state index contributed by atoms with van der Waals surface area (Å²) in [6.45, 7) is 5.98. The van der Waals surface area contributed by atoms with Crippen LogP contribution in [0.15, 0.2) is 0 Å². The average Bonchev–Trinajstić information content (AvgIpc) is 2.26. The monoisotopic (exact) mass is 232 g/mol. The predicted molar refractivity (Wildman–Crippen MR) is 63.7 cm³/mol. The fraction of sp³-hybridized carbons (Fsp3) is 0.909. The number of nitrogens with one attached hydrogen (secondary N) is 1. The Morgan fingerprint density at radius 1 is 1.56 bits per heavy atom. The van der Waals surface area contributed by atoms with E-state index in [1.54, 1.807) is 0 Å². The number of hydrogen-bond acceptors (Lipinski definition) is 4. The first-order valence-corrected chi connectivity index (χ1v) is 5.68. The van der Waals surface area contributed by atoms with Gasteiger partial charge in [0.1, 0.15) is 6.04 Å². The molecule has 0 saturated carbocycles. The van der Waals surface area contributed by atoms with E-state index in [0.717, 1.165) is 13.0 Å². The zero-order valence-electron chi connectivity index (χ0n) is 10.7. The molecule has 5 heteroatoms. The normalized spacial score (nSPS) is 15.1. The number of likely N-dealkylation sites (N-methyl/N-ethyl adjacent to an activating group) is 1. The molecule has 0 aliphatic carbocycles. The molecule has 0 aliphatic heterocycles. The van der Waals surface area contributed by atoms with Crippen LogP contribution in [0.25, 0.3) is 0 Å². The fourth-order valence-corrected chi connectivity index (χ4v) is 1.33. The molecule has 0 heterocycles. The van der Waals surface area contributed by atoms with Gasteiger partial charge in [0.2, 0.25) is 0 Å². The largest absolute Gasteiger partial charge is 0.480 e. The maximum atomic E-state index is 10.8. The fourth-order valence-electron chi connectivity index (χ4n) is 1.33. The van der Waals surface area contributed by atoms with Gasteiger partial charge in [-0.15, -0.1) is 0 Å². The van der Waals surface area contributed by atoms with Crippen LogP contribution in [0.2, 0.25) is 0 Å². The molecule has 0 aromatic carbocycles. The molecule has 0 spiro atoms. The quantitative estimate of drug-likeness (QED) is 0.603. The highest BCUT2D eigenvalue weighted by atomic mass is 16.5. The van der Waals surface area contributed by atoms with Crippen molar-refractivity contribution in [2.24, 2.45) is 0 Å². The molecule has 0 saturated heterocycles. The smallest absolute Gasteiger partial charge is 0.323 e. The summed E-state index contributed by atoms with van der Waals surface area (Å²) in [6.07, 6.45) is 1.09. The molecule has 0 rings (SSSR count). The molecule has 2 unspecified atom stereocenters. The van der Waals surface area contributed by atoms with Crippen molar-refractivity contribution in [3.05, 3.63) is 0 Å². The van der Waals surface area contributed by atoms with E-state index in [9.17, 15) is 4.79 Å². The van der Waals surface area contributed by atoms with E-state index >= 15 is 0 Å². The highest BCUT2D eigenvalue weighted by Gasteiger charge is 2.16. The Morgan fingerprint density at radius 2 is 2.19 bits per heavy atom. The molecular weight excluding hydrogens is 208 g/mol. The maximum Gasteiger partial charge on any atom is 0.323 e. The minimum Gasteiger partial charge on any atom is -0.480 e. The number of carboxylic acid groups (broad SMARTS) is 1. The maximum absolute atomic E-state index is 10.8. The first kappa shape index (κ1) is 15.3. The third kappa shape index (κ3) is 6.05. The molecule has 0 aliphatic rings. The van der Waals surface area contributed by atoms with Crippen LogP contribution in [-0.4, -0.2) is 61.9 Å². The van der Waals surface area contributed by atoms with Crippen molar-refractivity contribution in [3.8, 4) is 0 Å². The van der Waals surface area contributed by atoms with Crippen LogP contribution in [0, 0.1) is 0 Å². The van der Waals surface area contributed by atoms with Crippen molar-refractivity contribution in [1.29, 1.82) is 0 Å². The van der Waals surface area contributed by atoms with Gasteiger partial charge < -0.3 is 20.1 Å². The van der Waals surface area contributed by atoms with Gasteiger partial charge in [-0.25, -0.2) is 0 Å². The lowest BCUT2D eigenvalue weighted by Crippen LogP contribution is -2.44. The molecule has 0 aromatic heterocycles. The van der Waals surface area contributed by atoms with E-state index in [1.807, 2.05) is 7.05 Å². The lowest BCUT2D eigenvalue weighted by atomic mass is 10.2. The lowest BCUT2D eigenvalue weighted by Gasteiger charge is -2.24. The van der Waals surface area contributed by atoms with E-state index in [0.29, 0.717) is 12.6 Å². The Balaban J connectivity index is 3.81. The zero-order valence-corrected chi connectivity index (χ0v) is 10.7. The number of ether oxygens (including phenoxy) is 1. The number of rotatable bonds is 9. The zero-order chi connectivity index (χ0) is 12.6. The van der Waals surface area contributed by atoms with Gasteiger partial charge in [-0.2, -0.15) is 0 Å². The van der Waals surface area contributed by atoms with E-state index in [2.05, 4.69) is 24.1 Å².